The van der Waals surface area contributed by atoms with Crippen LogP contribution in [0.15, 0.2) is 87.1 Å². The number of carbonyl (C=O) groups is 1. The lowest BCUT2D eigenvalue weighted by atomic mass is 10.1. The normalized spacial score (nSPS) is 12.4. The maximum absolute atomic E-state index is 14.4. The van der Waals surface area contributed by atoms with Gasteiger partial charge in [-0.3, -0.25) is 14.0 Å². The first-order valence-corrected chi connectivity index (χ1v) is 17.8. The van der Waals surface area contributed by atoms with Crippen LogP contribution in [0.3, 0.4) is 0 Å². The van der Waals surface area contributed by atoms with Crippen molar-refractivity contribution in [1.82, 2.24) is 24.1 Å². The molecule has 0 aliphatic rings. The monoisotopic (exact) mass is 800 g/mol. The summed E-state index contributed by atoms with van der Waals surface area (Å²) in [5.74, 6) is -1.27. The molecule has 0 radical (unpaired) electrons. The molecule has 0 spiro atoms. The summed E-state index contributed by atoms with van der Waals surface area (Å²) >= 11 is 10.0. The van der Waals surface area contributed by atoms with Crippen LogP contribution in [0.4, 0.5) is 13.6 Å². The fraction of sp³-hybridized carbons (Fsp3) is 0.176. The van der Waals surface area contributed by atoms with Gasteiger partial charge in [-0.05, 0) is 72.1 Å². The highest BCUT2D eigenvalue weighted by atomic mass is 79.9. The molecule has 6 aromatic rings. The number of aromatic nitrogens is 4. The van der Waals surface area contributed by atoms with Gasteiger partial charge in [0.25, 0.3) is 15.6 Å². The predicted octanol–water partition coefficient (Wildman–Crippen LogP) is 5.88. The maximum Gasteiger partial charge on any atom is 0.405 e. The van der Waals surface area contributed by atoms with Gasteiger partial charge in [0, 0.05) is 30.6 Å². The van der Waals surface area contributed by atoms with E-state index >= 15 is 0 Å². The number of ether oxygens (including phenoxy) is 2. The predicted molar refractivity (Wildman–Crippen MR) is 190 cm³/mol. The van der Waals surface area contributed by atoms with Crippen molar-refractivity contribution < 1.29 is 31.5 Å². The van der Waals surface area contributed by atoms with Crippen molar-refractivity contribution in [2.75, 3.05) is 13.7 Å². The van der Waals surface area contributed by atoms with Gasteiger partial charge < -0.3 is 15.2 Å². The van der Waals surface area contributed by atoms with Gasteiger partial charge in [0.15, 0.2) is 11.9 Å². The van der Waals surface area contributed by atoms with E-state index in [-0.39, 0.29) is 56.9 Å². The minimum Gasteiger partial charge on any atom is -0.497 e. The van der Waals surface area contributed by atoms with Gasteiger partial charge in [-0.1, -0.05) is 39.7 Å². The van der Waals surface area contributed by atoms with Crippen molar-refractivity contribution >= 4 is 65.5 Å². The summed E-state index contributed by atoms with van der Waals surface area (Å²) in [4.78, 5) is 31.3. The number of benzene rings is 4. The Hall–Kier alpha value is -4.90. The minimum atomic E-state index is -4.27. The Morgan fingerprint density at radius 1 is 1.04 bits per heavy atom. The molecule has 0 saturated heterocycles. The number of aryl methyl sites for hydroxylation is 1. The number of nitrogens with two attached hydrogens (primary N) is 1. The smallest absolute Gasteiger partial charge is 0.405 e. The number of nitrogens with zero attached hydrogens (tertiary/aromatic N) is 4. The lowest BCUT2D eigenvalue weighted by molar-refractivity contribution is 0.1000. The molecule has 6 rings (SSSR count). The van der Waals surface area contributed by atoms with Crippen molar-refractivity contribution in [1.29, 1.82) is 0 Å². The van der Waals surface area contributed by atoms with E-state index in [2.05, 4.69) is 30.7 Å². The standard InChI is InChI=1S/C34H28BrClF2N6O6S/c1-43-30-27(10-9-25(36)29(30)32(42-43)51(47,48)40-12-11-18-3-6-23(49-2)7-4-18)44-31(41-26-16-20(35)5-8-24(26)33(44)45)28(50-34(39)46)15-19-13-21(37)17-22(38)14-19/h3-10,13-14,16-17,28,40H,11-12,15H2,1-2H3,(H2,39,46)/t28-/m0/s1. The zero-order valence-electron chi connectivity index (χ0n) is 26.9. The van der Waals surface area contributed by atoms with E-state index in [0.29, 0.717) is 22.7 Å². The Balaban J connectivity index is 1.51. The first kappa shape index (κ1) is 35.9. The van der Waals surface area contributed by atoms with Crippen LogP contribution in [0.25, 0.3) is 27.5 Å². The quantitative estimate of drug-likeness (QED) is 0.165. The molecule has 17 heteroatoms. The summed E-state index contributed by atoms with van der Waals surface area (Å²) in [6.45, 7) is 0.0324. The van der Waals surface area contributed by atoms with Crippen LogP contribution in [-0.2, 0) is 34.6 Å². The number of halogens is 4. The number of hydrogen-bond donors (Lipinski definition) is 2. The zero-order chi connectivity index (χ0) is 36.6. The van der Waals surface area contributed by atoms with Gasteiger partial charge in [0.1, 0.15) is 17.4 Å². The number of methoxy groups -OCH3 is 1. The topological polar surface area (TPSA) is 160 Å². The Labute approximate surface area is 302 Å². The van der Waals surface area contributed by atoms with Gasteiger partial charge in [-0.15, -0.1) is 0 Å². The van der Waals surface area contributed by atoms with Crippen molar-refractivity contribution in [3.05, 3.63) is 121 Å². The van der Waals surface area contributed by atoms with Gasteiger partial charge in [-0.2, -0.15) is 5.10 Å². The summed E-state index contributed by atoms with van der Waals surface area (Å²) in [6, 6.07) is 17.5. The van der Waals surface area contributed by atoms with Crippen LogP contribution < -0.4 is 20.8 Å². The molecule has 0 bridgehead atoms. The molecule has 1 atom stereocenters. The molecule has 264 valence electrons. The molecule has 3 N–H and O–H groups in total. The summed E-state index contributed by atoms with van der Waals surface area (Å²) in [5, 5.41) is 4.08. The molecular formula is C34H28BrClF2N6O6S. The van der Waals surface area contributed by atoms with Gasteiger partial charge in [0.05, 0.1) is 39.6 Å². The molecule has 4 aromatic carbocycles. The van der Waals surface area contributed by atoms with Crippen molar-refractivity contribution in [2.24, 2.45) is 12.8 Å². The molecule has 1 amide bonds. The molecule has 2 heterocycles. The second kappa shape index (κ2) is 14.4. The number of hydrogen-bond acceptors (Lipinski definition) is 8. The van der Waals surface area contributed by atoms with Gasteiger partial charge in [0.2, 0.25) is 5.03 Å². The summed E-state index contributed by atoms with van der Waals surface area (Å²) in [5.41, 5.74) is 6.13. The number of fused-ring (bicyclic) bond motifs is 2. The fourth-order valence-corrected chi connectivity index (χ4v) is 7.64. The van der Waals surface area contributed by atoms with Crippen LogP contribution in [0.2, 0.25) is 5.02 Å². The van der Waals surface area contributed by atoms with Crippen LogP contribution >= 0.6 is 27.5 Å². The van der Waals surface area contributed by atoms with Crippen LogP contribution in [0, 0.1) is 11.6 Å². The zero-order valence-corrected chi connectivity index (χ0v) is 30.0. The molecule has 0 saturated carbocycles. The van der Waals surface area contributed by atoms with Gasteiger partial charge >= 0.3 is 6.09 Å². The average Bonchev–Trinajstić information content (AvgIpc) is 3.43. The van der Waals surface area contributed by atoms with Crippen LogP contribution in [0.1, 0.15) is 23.1 Å². The lowest BCUT2D eigenvalue weighted by Crippen LogP contribution is -2.30. The highest BCUT2D eigenvalue weighted by Crippen LogP contribution is 2.35. The molecule has 0 fully saturated rings. The molecule has 12 nitrogen and oxygen atoms in total. The second-order valence-corrected chi connectivity index (χ2v) is 14.4. The van der Waals surface area contributed by atoms with Crippen LogP contribution in [0.5, 0.6) is 5.75 Å². The number of carbonyl (C=O) groups excluding carboxylic acids is 1. The van der Waals surface area contributed by atoms with E-state index in [9.17, 15) is 26.8 Å². The third-order valence-corrected chi connectivity index (χ3v) is 10.2. The Morgan fingerprint density at radius 3 is 2.41 bits per heavy atom. The molecule has 0 aliphatic carbocycles. The Bertz CT molecular complexity index is 2470. The van der Waals surface area contributed by atoms with Gasteiger partial charge in [-0.25, -0.2) is 31.7 Å². The van der Waals surface area contributed by atoms with E-state index in [4.69, 9.17) is 26.8 Å². The van der Waals surface area contributed by atoms with Crippen molar-refractivity contribution in [3.8, 4) is 11.4 Å². The summed E-state index contributed by atoms with van der Waals surface area (Å²) in [6.07, 6.45) is -2.69. The van der Waals surface area contributed by atoms with E-state index < -0.39 is 44.4 Å². The SMILES string of the molecule is COc1ccc(CCNS(=O)(=O)c2nn(C)c3c(-n4c([C@H](Cc5cc(F)cc(F)c5)OC(N)=O)nc5cc(Br)ccc5c4=O)ccc(Cl)c23)cc1. The summed E-state index contributed by atoms with van der Waals surface area (Å²) in [7, 11) is -1.25. The number of nitrogens with one attached hydrogen (secondary N) is 1. The number of primary amides is 1. The third-order valence-electron chi connectivity index (χ3n) is 7.99. The molecule has 0 aliphatic heterocycles. The molecule has 51 heavy (non-hydrogen) atoms. The maximum atomic E-state index is 14.4. The van der Waals surface area contributed by atoms with E-state index in [1.54, 1.807) is 31.4 Å². The first-order chi connectivity index (χ1) is 24.2. The van der Waals surface area contributed by atoms with E-state index in [1.807, 2.05) is 12.1 Å². The molecule has 0 unspecified atom stereocenters. The van der Waals surface area contributed by atoms with Crippen molar-refractivity contribution in [2.45, 2.75) is 24.0 Å². The Kier molecular flexibility index (Phi) is 10.1. The van der Waals surface area contributed by atoms with E-state index in [1.165, 1.54) is 29.9 Å². The first-order valence-electron chi connectivity index (χ1n) is 15.2. The highest BCUT2D eigenvalue weighted by molar-refractivity contribution is 9.10. The molecule has 2 aromatic heterocycles. The molecular weight excluding hydrogens is 774 g/mol. The highest BCUT2D eigenvalue weighted by Gasteiger charge is 2.30. The van der Waals surface area contributed by atoms with Crippen LogP contribution in [-0.4, -0.2) is 47.5 Å². The minimum absolute atomic E-state index is 0.00179. The average molecular weight is 802 g/mol. The second-order valence-electron chi connectivity index (χ2n) is 11.4. The number of amides is 1. The number of sulfonamides is 1. The number of rotatable bonds is 11. The lowest BCUT2D eigenvalue weighted by Gasteiger charge is -2.22. The Morgan fingerprint density at radius 2 is 1.75 bits per heavy atom. The summed E-state index contributed by atoms with van der Waals surface area (Å²) < 4.78 is 72.0. The van der Waals surface area contributed by atoms with Crippen molar-refractivity contribution in [3.63, 3.8) is 0 Å². The largest absolute Gasteiger partial charge is 0.497 e. The fourth-order valence-electron chi connectivity index (χ4n) is 5.78. The third kappa shape index (κ3) is 7.44. The van der Waals surface area contributed by atoms with E-state index in [0.717, 1.165) is 22.3 Å².